The molecule has 0 amide bonds. The fraction of sp³-hybridized carbons (Fsp3) is 0.0769. The van der Waals surface area contributed by atoms with E-state index in [-0.39, 0.29) is 16.2 Å². The van der Waals surface area contributed by atoms with Gasteiger partial charge >= 0.3 is 0 Å². The third kappa shape index (κ3) is 1.66. The highest BCUT2D eigenvalue weighted by Gasteiger charge is 2.18. The maximum Gasteiger partial charge on any atom is 0.221 e. The summed E-state index contributed by atoms with van der Waals surface area (Å²) in [4.78, 5) is 12.3. The Balaban J connectivity index is 2.25. The van der Waals surface area contributed by atoms with E-state index in [0.717, 1.165) is 0 Å². The normalized spacial score (nSPS) is 18.9. The lowest BCUT2D eigenvalue weighted by Crippen LogP contribution is -3.04. The summed E-state index contributed by atoms with van der Waals surface area (Å²) >= 11 is 0. The number of nitrogens with one attached hydrogen (secondary N) is 2. The monoisotopic (exact) mass is 241 g/mol. The van der Waals surface area contributed by atoms with Gasteiger partial charge in [-0.25, -0.2) is 0 Å². The topological polar surface area (TPSA) is 73.2 Å². The second-order valence-electron chi connectivity index (χ2n) is 4.08. The standard InChI is InChI=1S/C13H11N3O2/c17-13-9-5-1-2-6-10(9)14-15-12(13)11-7-3-4-8-16(11)18/h1-7,16H,8H2,(H,14,17). The first-order valence-electron chi connectivity index (χ1n) is 5.65. The van der Waals surface area contributed by atoms with Gasteiger partial charge in [0.15, 0.2) is 11.4 Å². The molecule has 2 heterocycles. The number of benzene rings is 1. The number of aromatic nitrogens is 2. The Kier molecular flexibility index (Phi) is 2.55. The molecule has 18 heavy (non-hydrogen) atoms. The van der Waals surface area contributed by atoms with Gasteiger partial charge in [0.1, 0.15) is 6.54 Å². The molecule has 5 heteroatoms. The smallest absolute Gasteiger partial charge is 0.221 e. The molecule has 0 spiro atoms. The number of H-pyrrole nitrogens is 1. The summed E-state index contributed by atoms with van der Waals surface area (Å²) in [5.41, 5.74) is 1.04. The van der Waals surface area contributed by atoms with Crippen LogP contribution in [0.3, 0.4) is 0 Å². The van der Waals surface area contributed by atoms with Gasteiger partial charge < -0.3 is 10.3 Å². The van der Waals surface area contributed by atoms with Gasteiger partial charge in [0.2, 0.25) is 5.43 Å². The Hall–Kier alpha value is -2.24. The van der Waals surface area contributed by atoms with Crippen molar-refractivity contribution < 1.29 is 5.06 Å². The van der Waals surface area contributed by atoms with Crippen molar-refractivity contribution in [2.24, 2.45) is 0 Å². The van der Waals surface area contributed by atoms with Crippen LogP contribution in [0.5, 0.6) is 0 Å². The third-order valence-electron chi connectivity index (χ3n) is 2.93. The Bertz CT molecular complexity index is 715. The SMILES string of the molecule is O=c1c(C2=CC=CC[NH+]2[O-])n[nH]c2ccccc12. The van der Waals surface area contributed by atoms with Gasteiger partial charge in [0.05, 0.1) is 5.52 Å². The van der Waals surface area contributed by atoms with Crippen molar-refractivity contribution in [3.05, 3.63) is 63.6 Å². The van der Waals surface area contributed by atoms with Crippen LogP contribution in [0.15, 0.2) is 47.3 Å². The number of nitrogens with zero attached hydrogens (tertiary/aromatic N) is 1. The minimum absolute atomic E-state index is 0.0780. The number of hydrogen-bond acceptors (Lipinski definition) is 3. The minimum atomic E-state index is -0.209. The summed E-state index contributed by atoms with van der Waals surface area (Å²) in [5, 5.41) is 19.1. The van der Waals surface area contributed by atoms with E-state index >= 15 is 0 Å². The summed E-state index contributed by atoms with van der Waals surface area (Å²) in [6.07, 6.45) is 5.17. The van der Waals surface area contributed by atoms with Crippen molar-refractivity contribution in [1.29, 1.82) is 0 Å². The van der Waals surface area contributed by atoms with Crippen LogP contribution in [-0.4, -0.2) is 16.7 Å². The first-order valence-corrected chi connectivity index (χ1v) is 5.65. The van der Waals surface area contributed by atoms with Crippen LogP contribution in [0.25, 0.3) is 16.6 Å². The van der Waals surface area contributed by atoms with E-state index in [1.54, 1.807) is 36.4 Å². The first-order chi connectivity index (χ1) is 8.77. The molecular formula is C13H11N3O2. The lowest BCUT2D eigenvalue weighted by Gasteiger charge is -2.23. The molecule has 0 saturated heterocycles. The molecule has 3 rings (SSSR count). The van der Waals surface area contributed by atoms with Gasteiger partial charge in [-0.05, 0) is 18.2 Å². The fourth-order valence-corrected chi connectivity index (χ4v) is 2.01. The summed E-state index contributed by atoms with van der Waals surface area (Å²) < 4.78 is 0. The van der Waals surface area contributed by atoms with Gasteiger partial charge in [-0.2, -0.15) is 5.10 Å². The largest absolute Gasteiger partial charge is 0.629 e. The van der Waals surface area contributed by atoms with E-state index in [1.165, 1.54) is 0 Å². The molecular weight excluding hydrogens is 230 g/mol. The Morgan fingerprint density at radius 2 is 2.17 bits per heavy atom. The van der Waals surface area contributed by atoms with Crippen LogP contribution < -0.4 is 10.5 Å². The van der Waals surface area contributed by atoms with Gasteiger partial charge in [-0.3, -0.25) is 9.89 Å². The van der Waals surface area contributed by atoms with Crippen molar-refractivity contribution in [2.45, 2.75) is 0 Å². The molecule has 5 nitrogen and oxygen atoms in total. The van der Waals surface area contributed by atoms with Gasteiger partial charge in [-0.15, -0.1) is 0 Å². The van der Waals surface area contributed by atoms with Crippen LogP contribution in [0.4, 0.5) is 0 Å². The van der Waals surface area contributed by atoms with Crippen LogP contribution in [0.2, 0.25) is 0 Å². The molecule has 0 radical (unpaired) electrons. The van der Waals surface area contributed by atoms with Crippen molar-refractivity contribution in [1.82, 2.24) is 10.2 Å². The number of aromatic amines is 1. The van der Waals surface area contributed by atoms with E-state index in [9.17, 15) is 10.0 Å². The summed E-state index contributed by atoms with van der Waals surface area (Å²) in [6.45, 7) is 0.319. The molecule has 1 aliphatic heterocycles. The van der Waals surface area contributed by atoms with E-state index in [2.05, 4.69) is 10.2 Å². The van der Waals surface area contributed by atoms with Gasteiger partial charge in [0.25, 0.3) is 0 Å². The number of rotatable bonds is 1. The molecule has 0 bridgehead atoms. The van der Waals surface area contributed by atoms with Crippen molar-refractivity contribution in [3.8, 4) is 0 Å². The Morgan fingerprint density at radius 1 is 1.33 bits per heavy atom. The molecule has 1 aliphatic rings. The molecule has 2 aromatic rings. The van der Waals surface area contributed by atoms with E-state index in [4.69, 9.17) is 0 Å². The van der Waals surface area contributed by atoms with E-state index < -0.39 is 0 Å². The van der Waals surface area contributed by atoms with Crippen molar-refractivity contribution in [2.75, 3.05) is 6.54 Å². The maximum atomic E-state index is 12.3. The van der Waals surface area contributed by atoms with Crippen LogP contribution in [-0.2, 0) is 0 Å². The van der Waals surface area contributed by atoms with E-state index in [1.807, 2.05) is 6.07 Å². The second-order valence-corrected chi connectivity index (χ2v) is 4.08. The summed E-state index contributed by atoms with van der Waals surface area (Å²) in [5.74, 6) is 0. The fourth-order valence-electron chi connectivity index (χ4n) is 2.01. The highest BCUT2D eigenvalue weighted by atomic mass is 16.5. The summed E-state index contributed by atoms with van der Waals surface area (Å²) in [7, 11) is 0. The predicted molar refractivity (Wildman–Crippen MR) is 68.7 cm³/mol. The third-order valence-corrected chi connectivity index (χ3v) is 2.93. The number of hydroxylamine groups is 2. The van der Waals surface area contributed by atoms with Crippen molar-refractivity contribution >= 4 is 16.6 Å². The van der Waals surface area contributed by atoms with Crippen LogP contribution in [0, 0.1) is 5.21 Å². The van der Waals surface area contributed by atoms with Crippen molar-refractivity contribution in [3.63, 3.8) is 0 Å². The number of quaternary nitrogens is 1. The number of fused-ring (bicyclic) bond motifs is 1. The first kappa shape index (κ1) is 10.9. The number of hydrogen-bond donors (Lipinski definition) is 2. The molecule has 0 aliphatic carbocycles. The molecule has 1 atom stereocenters. The Morgan fingerprint density at radius 3 is 3.00 bits per heavy atom. The molecule has 1 aromatic heterocycles. The number of para-hydroxylation sites is 1. The second kappa shape index (κ2) is 4.21. The zero-order valence-electron chi connectivity index (χ0n) is 9.51. The molecule has 0 saturated carbocycles. The average Bonchev–Trinajstić information content (AvgIpc) is 2.41. The zero-order chi connectivity index (χ0) is 12.5. The summed E-state index contributed by atoms with van der Waals surface area (Å²) in [6, 6.07) is 7.12. The quantitative estimate of drug-likeness (QED) is 0.701. The molecule has 1 aromatic carbocycles. The number of allylic oxidation sites excluding steroid dienone is 2. The molecule has 1 unspecified atom stereocenters. The van der Waals surface area contributed by atoms with Gasteiger partial charge in [0, 0.05) is 11.5 Å². The zero-order valence-corrected chi connectivity index (χ0v) is 9.51. The minimum Gasteiger partial charge on any atom is -0.629 e. The van der Waals surface area contributed by atoms with Gasteiger partial charge in [-0.1, -0.05) is 18.2 Å². The maximum absolute atomic E-state index is 12.3. The lowest BCUT2D eigenvalue weighted by atomic mass is 10.1. The molecule has 2 N–H and O–H groups in total. The van der Waals surface area contributed by atoms with Crippen LogP contribution in [0.1, 0.15) is 5.69 Å². The average molecular weight is 241 g/mol. The highest BCUT2D eigenvalue weighted by Crippen LogP contribution is 2.08. The Labute approximate surface area is 103 Å². The molecule has 90 valence electrons. The highest BCUT2D eigenvalue weighted by molar-refractivity contribution is 5.80. The lowest BCUT2D eigenvalue weighted by molar-refractivity contribution is -0.762. The van der Waals surface area contributed by atoms with E-state index in [0.29, 0.717) is 23.1 Å². The molecule has 0 fully saturated rings. The van der Waals surface area contributed by atoms with Crippen LogP contribution >= 0.6 is 0 Å². The predicted octanol–water partition coefficient (Wildman–Crippen LogP) is 0.216.